The van der Waals surface area contributed by atoms with E-state index in [-0.39, 0.29) is 12.0 Å². The topological polar surface area (TPSA) is 36.7 Å². The van der Waals surface area contributed by atoms with Gasteiger partial charge in [0.1, 0.15) is 0 Å². The minimum absolute atomic E-state index is 0.118. The Balaban J connectivity index is 2.62. The van der Waals surface area contributed by atoms with Crippen LogP contribution in [0.3, 0.4) is 0 Å². The molecule has 0 spiro atoms. The molecular formula is C14H10F2N2. The number of rotatable bonds is 2. The highest BCUT2D eigenvalue weighted by atomic mass is 19.2. The van der Waals surface area contributed by atoms with Gasteiger partial charge in [-0.25, -0.2) is 8.78 Å². The number of aromatic nitrogens is 1. The Bertz CT molecular complexity index is 630. The summed E-state index contributed by atoms with van der Waals surface area (Å²) in [5, 5.41) is 8.70. The summed E-state index contributed by atoms with van der Waals surface area (Å²) in [6, 6.07) is 7.72. The van der Waals surface area contributed by atoms with E-state index < -0.39 is 11.6 Å². The molecule has 18 heavy (non-hydrogen) atoms. The van der Waals surface area contributed by atoms with Gasteiger partial charge in [-0.2, -0.15) is 5.26 Å². The molecule has 2 nitrogen and oxygen atoms in total. The summed E-state index contributed by atoms with van der Waals surface area (Å²) in [6.07, 6.45) is 1.72. The van der Waals surface area contributed by atoms with E-state index in [1.807, 2.05) is 6.07 Å². The van der Waals surface area contributed by atoms with Crippen molar-refractivity contribution in [3.05, 3.63) is 53.2 Å². The van der Waals surface area contributed by atoms with Gasteiger partial charge in [0.2, 0.25) is 0 Å². The SMILES string of the molecule is Cc1c(CC#N)ccnc1-c1cccc(F)c1F. The van der Waals surface area contributed by atoms with E-state index in [0.717, 1.165) is 11.6 Å². The lowest BCUT2D eigenvalue weighted by atomic mass is 10.0. The Morgan fingerprint density at radius 3 is 2.78 bits per heavy atom. The summed E-state index contributed by atoms with van der Waals surface area (Å²) < 4.78 is 26.9. The second kappa shape index (κ2) is 4.92. The second-order valence-electron chi connectivity index (χ2n) is 3.88. The van der Waals surface area contributed by atoms with Crippen molar-refractivity contribution in [1.82, 2.24) is 4.98 Å². The standard InChI is InChI=1S/C14H10F2N2/c1-9-10(5-7-17)6-8-18-14(9)11-3-2-4-12(15)13(11)16/h2-4,6,8H,5H2,1H3. The Morgan fingerprint density at radius 1 is 1.28 bits per heavy atom. The van der Waals surface area contributed by atoms with Crippen LogP contribution in [0.5, 0.6) is 0 Å². The molecule has 0 radical (unpaired) electrons. The van der Waals surface area contributed by atoms with Crippen molar-refractivity contribution < 1.29 is 8.78 Å². The molecule has 0 saturated carbocycles. The van der Waals surface area contributed by atoms with E-state index >= 15 is 0 Å². The monoisotopic (exact) mass is 244 g/mol. The molecule has 0 amide bonds. The molecule has 2 aromatic rings. The van der Waals surface area contributed by atoms with Gasteiger partial charge in [0.05, 0.1) is 18.2 Å². The molecule has 0 fully saturated rings. The lowest BCUT2D eigenvalue weighted by molar-refractivity contribution is 0.511. The van der Waals surface area contributed by atoms with Gasteiger partial charge in [-0.05, 0) is 36.2 Å². The van der Waals surface area contributed by atoms with Crippen molar-refractivity contribution in [2.45, 2.75) is 13.3 Å². The third kappa shape index (κ3) is 2.07. The molecule has 0 bridgehead atoms. The van der Waals surface area contributed by atoms with Crippen LogP contribution in [0.2, 0.25) is 0 Å². The molecule has 4 heteroatoms. The van der Waals surface area contributed by atoms with Gasteiger partial charge in [0.15, 0.2) is 11.6 Å². The zero-order valence-corrected chi connectivity index (χ0v) is 9.74. The van der Waals surface area contributed by atoms with Gasteiger partial charge in [-0.15, -0.1) is 0 Å². The third-order valence-corrected chi connectivity index (χ3v) is 2.79. The molecule has 1 aromatic heterocycles. The molecule has 1 heterocycles. The van der Waals surface area contributed by atoms with Crippen molar-refractivity contribution in [3.8, 4) is 17.3 Å². The molecule has 0 saturated heterocycles. The van der Waals surface area contributed by atoms with Crippen molar-refractivity contribution in [2.24, 2.45) is 0 Å². The lowest BCUT2D eigenvalue weighted by Gasteiger charge is -2.09. The number of pyridine rings is 1. The fourth-order valence-electron chi connectivity index (χ4n) is 1.81. The number of nitriles is 1. The normalized spacial score (nSPS) is 10.1. The predicted molar refractivity (Wildman–Crippen MR) is 63.6 cm³/mol. The van der Waals surface area contributed by atoms with Crippen LogP contribution in [-0.4, -0.2) is 4.98 Å². The van der Waals surface area contributed by atoms with E-state index in [1.54, 1.807) is 13.0 Å². The average molecular weight is 244 g/mol. The highest BCUT2D eigenvalue weighted by Crippen LogP contribution is 2.27. The zero-order chi connectivity index (χ0) is 13.1. The molecule has 2 rings (SSSR count). The van der Waals surface area contributed by atoms with Crippen molar-refractivity contribution in [3.63, 3.8) is 0 Å². The largest absolute Gasteiger partial charge is 0.256 e. The third-order valence-electron chi connectivity index (χ3n) is 2.79. The molecule has 0 aliphatic rings. The van der Waals surface area contributed by atoms with Crippen LogP contribution in [-0.2, 0) is 6.42 Å². The minimum atomic E-state index is -0.915. The summed E-state index contributed by atoms with van der Waals surface area (Å²) in [7, 11) is 0. The van der Waals surface area contributed by atoms with Gasteiger partial charge in [-0.1, -0.05) is 6.07 Å². The molecular weight excluding hydrogens is 234 g/mol. The first-order chi connectivity index (χ1) is 8.65. The number of nitrogens with zero attached hydrogens (tertiary/aromatic N) is 2. The Kier molecular flexibility index (Phi) is 3.33. The minimum Gasteiger partial charge on any atom is -0.256 e. The Labute approximate surface area is 104 Å². The fourth-order valence-corrected chi connectivity index (χ4v) is 1.81. The molecule has 0 aliphatic heterocycles. The highest BCUT2D eigenvalue weighted by Gasteiger charge is 2.14. The first-order valence-corrected chi connectivity index (χ1v) is 5.41. The maximum atomic E-state index is 13.7. The van der Waals surface area contributed by atoms with Crippen LogP contribution in [0.4, 0.5) is 8.78 Å². The lowest BCUT2D eigenvalue weighted by Crippen LogP contribution is -1.97. The molecule has 0 atom stereocenters. The maximum absolute atomic E-state index is 13.7. The van der Waals surface area contributed by atoms with Gasteiger partial charge in [-0.3, -0.25) is 4.98 Å². The average Bonchev–Trinajstić information content (AvgIpc) is 2.36. The first kappa shape index (κ1) is 12.2. The maximum Gasteiger partial charge on any atom is 0.168 e. The van der Waals surface area contributed by atoms with Crippen LogP contribution < -0.4 is 0 Å². The van der Waals surface area contributed by atoms with E-state index in [1.165, 1.54) is 18.3 Å². The highest BCUT2D eigenvalue weighted by molar-refractivity contribution is 5.65. The smallest absolute Gasteiger partial charge is 0.168 e. The number of benzene rings is 1. The fraction of sp³-hybridized carbons (Fsp3) is 0.143. The molecule has 1 aromatic carbocycles. The molecule has 90 valence electrons. The molecule has 0 unspecified atom stereocenters. The summed E-state index contributed by atoms with van der Waals surface area (Å²) in [5.41, 5.74) is 1.96. The predicted octanol–water partition coefficient (Wildman–Crippen LogP) is 3.40. The van der Waals surface area contributed by atoms with E-state index in [4.69, 9.17) is 5.26 Å². The zero-order valence-electron chi connectivity index (χ0n) is 9.74. The van der Waals surface area contributed by atoms with Crippen LogP contribution >= 0.6 is 0 Å². The van der Waals surface area contributed by atoms with Crippen molar-refractivity contribution in [1.29, 1.82) is 5.26 Å². The van der Waals surface area contributed by atoms with E-state index in [9.17, 15) is 8.78 Å². The Hall–Kier alpha value is -2.28. The van der Waals surface area contributed by atoms with Gasteiger partial charge in [0.25, 0.3) is 0 Å². The van der Waals surface area contributed by atoms with E-state index in [2.05, 4.69) is 4.98 Å². The van der Waals surface area contributed by atoms with Crippen LogP contribution in [0.1, 0.15) is 11.1 Å². The quantitative estimate of drug-likeness (QED) is 0.811. The van der Waals surface area contributed by atoms with Gasteiger partial charge in [0, 0.05) is 11.8 Å². The number of halogens is 2. The Morgan fingerprint density at radius 2 is 2.06 bits per heavy atom. The number of hydrogen-bond acceptors (Lipinski definition) is 2. The van der Waals surface area contributed by atoms with Gasteiger partial charge < -0.3 is 0 Å². The number of hydrogen-bond donors (Lipinski definition) is 0. The summed E-state index contributed by atoms with van der Waals surface area (Å²) in [4.78, 5) is 4.08. The molecule has 0 aliphatic carbocycles. The first-order valence-electron chi connectivity index (χ1n) is 5.41. The second-order valence-corrected chi connectivity index (χ2v) is 3.88. The molecule has 0 N–H and O–H groups in total. The van der Waals surface area contributed by atoms with Gasteiger partial charge >= 0.3 is 0 Å². The van der Waals surface area contributed by atoms with Crippen molar-refractivity contribution >= 4 is 0 Å². The summed E-state index contributed by atoms with van der Waals surface area (Å²) in [5.74, 6) is -1.82. The van der Waals surface area contributed by atoms with Crippen molar-refractivity contribution in [2.75, 3.05) is 0 Å². The van der Waals surface area contributed by atoms with E-state index in [0.29, 0.717) is 11.3 Å². The summed E-state index contributed by atoms with van der Waals surface area (Å²) in [6.45, 7) is 1.75. The van der Waals surface area contributed by atoms with Crippen LogP contribution in [0.15, 0.2) is 30.5 Å². The van der Waals surface area contributed by atoms with Crippen LogP contribution in [0.25, 0.3) is 11.3 Å². The summed E-state index contributed by atoms with van der Waals surface area (Å²) >= 11 is 0. The van der Waals surface area contributed by atoms with Crippen LogP contribution in [0, 0.1) is 29.9 Å².